The van der Waals surface area contributed by atoms with Crippen LogP contribution in [0.4, 0.5) is 4.39 Å². The zero-order valence-electron chi connectivity index (χ0n) is 12.0. The van der Waals surface area contributed by atoms with Gasteiger partial charge in [-0.1, -0.05) is 6.07 Å². The van der Waals surface area contributed by atoms with Gasteiger partial charge in [0.15, 0.2) is 5.96 Å². The van der Waals surface area contributed by atoms with Gasteiger partial charge in [0.05, 0.1) is 12.2 Å². The fourth-order valence-corrected chi connectivity index (χ4v) is 2.50. The van der Waals surface area contributed by atoms with E-state index in [0.29, 0.717) is 11.7 Å². The molecule has 21 heavy (non-hydrogen) atoms. The summed E-state index contributed by atoms with van der Waals surface area (Å²) < 4.78 is 13.5. The standard InChI is InChI=1S/C15H19FN4S/c1-2-17-15(19-9-7-12-5-4-10-21-12)20-11-14-13(16)6-3-8-18-14/h3-6,8,10H,2,7,9,11H2,1H3,(H2,17,19,20). The Morgan fingerprint density at radius 3 is 2.95 bits per heavy atom. The zero-order chi connectivity index (χ0) is 14.9. The van der Waals surface area contributed by atoms with Gasteiger partial charge in [0.1, 0.15) is 5.82 Å². The smallest absolute Gasteiger partial charge is 0.191 e. The number of aromatic nitrogens is 1. The number of rotatable bonds is 6. The Labute approximate surface area is 128 Å². The van der Waals surface area contributed by atoms with Crippen LogP contribution in [0.15, 0.2) is 40.8 Å². The normalized spacial score (nSPS) is 11.4. The second-order valence-corrected chi connectivity index (χ2v) is 5.42. The van der Waals surface area contributed by atoms with Crippen molar-refractivity contribution in [2.75, 3.05) is 13.1 Å². The number of halogens is 1. The Kier molecular flexibility index (Phi) is 6.15. The Bertz CT molecular complexity index is 569. The molecule has 0 bridgehead atoms. The van der Waals surface area contributed by atoms with Gasteiger partial charge in [-0.25, -0.2) is 9.38 Å². The van der Waals surface area contributed by atoms with Crippen LogP contribution >= 0.6 is 11.3 Å². The first-order valence-electron chi connectivity index (χ1n) is 6.93. The summed E-state index contributed by atoms with van der Waals surface area (Å²) in [7, 11) is 0. The number of hydrogen-bond acceptors (Lipinski definition) is 3. The molecular weight excluding hydrogens is 287 g/mol. The minimum absolute atomic E-state index is 0.223. The first kappa shape index (κ1) is 15.4. The van der Waals surface area contributed by atoms with Crippen molar-refractivity contribution in [3.05, 3.63) is 52.2 Å². The van der Waals surface area contributed by atoms with Crippen molar-refractivity contribution in [1.82, 2.24) is 15.6 Å². The molecule has 6 heteroatoms. The Morgan fingerprint density at radius 1 is 1.33 bits per heavy atom. The van der Waals surface area contributed by atoms with Crippen LogP contribution in [0.1, 0.15) is 17.5 Å². The average molecular weight is 306 g/mol. The lowest BCUT2D eigenvalue weighted by Gasteiger charge is -2.10. The summed E-state index contributed by atoms with van der Waals surface area (Å²) in [5, 5.41) is 8.46. The molecule has 4 nitrogen and oxygen atoms in total. The van der Waals surface area contributed by atoms with Gasteiger partial charge in [0.25, 0.3) is 0 Å². The second kappa shape index (κ2) is 8.36. The number of hydrogen-bond donors (Lipinski definition) is 2. The SMILES string of the molecule is CCNC(=NCc1ncccc1F)NCCc1cccs1. The highest BCUT2D eigenvalue weighted by Gasteiger charge is 2.03. The maximum Gasteiger partial charge on any atom is 0.191 e. The number of aliphatic imine (C=N–C) groups is 1. The van der Waals surface area contributed by atoms with Crippen molar-refractivity contribution < 1.29 is 4.39 Å². The van der Waals surface area contributed by atoms with Crippen molar-refractivity contribution in [1.29, 1.82) is 0 Å². The minimum Gasteiger partial charge on any atom is -0.357 e. The third-order valence-electron chi connectivity index (χ3n) is 2.81. The van der Waals surface area contributed by atoms with Gasteiger partial charge >= 0.3 is 0 Å². The molecule has 0 aromatic carbocycles. The summed E-state index contributed by atoms with van der Waals surface area (Å²) >= 11 is 1.74. The summed E-state index contributed by atoms with van der Waals surface area (Å²) in [6.45, 7) is 3.77. The van der Waals surface area contributed by atoms with Crippen LogP contribution in [-0.2, 0) is 13.0 Å². The molecule has 0 saturated carbocycles. The van der Waals surface area contributed by atoms with Gasteiger partial charge in [0.2, 0.25) is 0 Å². The van der Waals surface area contributed by atoms with Crippen molar-refractivity contribution in [2.45, 2.75) is 19.9 Å². The van der Waals surface area contributed by atoms with Gasteiger partial charge in [-0.15, -0.1) is 11.3 Å². The van der Waals surface area contributed by atoms with Gasteiger partial charge in [-0.05, 0) is 36.9 Å². The highest BCUT2D eigenvalue weighted by molar-refractivity contribution is 7.09. The molecule has 0 unspecified atom stereocenters. The minimum atomic E-state index is -0.323. The first-order valence-corrected chi connectivity index (χ1v) is 7.81. The van der Waals surface area contributed by atoms with Crippen molar-refractivity contribution in [3.8, 4) is 0 Å². The lowest BCUT2D eigenvalue weighted by Crippen LogP contribution is -2.38. The molecule has 2 heterocycles. The summed E-state index contributed by atoms with van der Waals surface area (Å²) in [6.07, 6.45) is 2.52. The molecule has 2 aromatic heterocycles. The summed E-state index contributed by atoms with van der Waals surface area (Å²) in [4.78, 5) is 9.68. The molecule has 2 N–H and O–H groups in total. The number of nitrogens with one attached hydrogen (secondary N) is 2. The molecule has 2 aromatic rings. The second-order valence-electron chi connectivity index (χ2n) is 4.38. The van der Waals surface area contributed by atoms with Gasteiger partial charge in [-0.3, -0.25) is 4.98 Å². The number of nitrogens with zero attached hydrogens (tertiary/aromatic N) is 2. The van der Waals surface area contributed by atoms with E-state index >= 15 is 0 Å². The van der Waals surface area contributed by atoms with Crippen LogP contribution in [0.3, 0.4) is 0 Å². The number of thiophene rings is 1. The maximum absolute atomic E-state index is 13.5. The van der Waals surface area contributed by atoms with E-state index in [2.05, 4.69) is 32.1 Å². The first-order chi connectivity index (χ1) is 10.3. The fourth-order valence-electron chi connectivity index (χ4n) is 1.79. The largest absolute Gasteiger partial charge is 0.357 e. The highest BCUT2D eigenvalue weighted by atomic mass is 32.1. The third-order valence-corrected chi connectivity index (χ3v) is 3.75. The van der Waals surface area contributed by atoms with E-state index in [1.807, 2.05) is 13.0 Å². The van der Waals surface area contributed by atoms with Crippen LogP contribution in [-0.4, -0.2) is 24.0 Å². The molecule has 2 rings (SSSR count). The molecule has 112 valence electrons. The average Bonchev–Trinajstić information content (AvgIpc) is 2.99. The molecule has 0 atom stereocenters. The lowest BCUT2D eigenvalue weighted by atomic mass is 10.3. The predicted molar refractivity (Wildman–Crippen MR) is 85.0 cm³/mol. The number of pyridine rings is 1. The molecule has 0 spiro atoms. The monoisotopic (exact) mass is 306 g/mol. The summed E-state index contributed by atoms with van der Waals surface area (Å²) in [5.41, 5.74) is 0.355. The zero-order valence-corrected chi connectivity index (χ0v) is 12.8. The van der Waals surface area contributed by atoms with Gasteiger partial charge < -0.3 is 10.6 Å². The fraction of sp³-hybridized carbons (Fsp3) is 0.333. The molecule has 0 aliphatic rings. The molecule has 0 saturated heterocycles. The molecule has 0 fully saturated rings. The van der Waals surface area contributed by atoms with Crippen molar-refractivity contribution >= 4 is 17.3 Å². The molecular formula is C15H19FN4S. The van der Waals surface area contributed by atoms with Crippen molar-refractivity contribution in [3.63, 3.8) is 0 Å². The van der Waals surface area contributed by atoms with Crippen LogP contribution in [0.2, 0.25) is 0 Å². The topological polar surface area (TPSA) is 49.3 Å². The number of guanidine groups is 1. The van der Waals surface area contributed by atoms with E-state index < -0.39 is 0 Å². The Morgan fingerprint density at radius 2 is 2.24 bits per heavy atom. The lowest BCUT2D eigenvalue weighted by molar-refractivity contribution is 0.599. The Balaban J connectivity index is 1.88. The van der Waals surface area contributed by atoms with Gasteiger partial charge in [-0.2, -0.15) is 0 Å². The van der Waals surface area contributed by atoms with E-state index in [9.17, 15) is 4.39 Å². The van der Waals surface area contributed by atoms with E-state index in [1.165, 1.54) is 10.9 Å². The predicted octanol–water partition coefficient (Wildman–Crippen LogP) is 2.58. The maximum atomic E-state index is 13.5. The van der Waals surface area contributed by atoms with Crippen LogP contribution in [0, 0.1) is 5.82 Å². The third kappa shape index (κ3) is 5.15. The molecule has 0 amide bonds. The van der Waals surface area contributed by atoms with Crippen LogP contribution < -0.4 is 10.6 Å². The summed E-state index contributed by atoms with van der Waals surface area (Å²) in [6, 6.07) is 7.13. The van der Waals surface area contributed by atoms with E-state index in [-0.39, 0.29) is 12.4 Å². The van der Waals surface area contributed by atoms with Crippen LogP contribution in [0.5, 0.6) is 0 Å². The van der Waals surface area contributed by atoms with Crippen LogP contribution in [0.25, 0.3) is 0 Å². The summed E-state index contributed by atoms with van der Waals surface area (Å²) in [5.74, 6) is 0.356. The molecule has 0 aliphatic carbocycles. The quantitative estimate of drug-likeness (QED) is 0.637. The highest BCUT2D eigenvalue weighted by Crippen LogP contribution is 2.08. The van der Waals surface area contributed by atoms with E-state index in [4.69, 9.17) is 0 Å². The van der Waals surface area contributed by atoms with Crippen molar-refractivity contribution in [2.24, 2.45) is 4.99 Å². The van der Waals surface area contributed by atoms with E-state index in [1.54, 1.807) is 23.6 Å². The molecule has 0 aliphatic heterocycles. The Hall–Kier alpha value is -1.95. The van der Waals surface area contributed by atoms with Gasteiger partial charge in [0, 0.05) is 24.2 Å². The molecule has 0 radical (unpaired) electrons. The van der Waals surface area contributed by atoms with E-state index in [0.717, 1.165) is 19.5 Å².